The zero-order valence-electron chi connectivity index (χ0n) is 11.2. The number of H-pyrrole nitrogens is 1. The van der Waals surface area contributed by atoms with Crippen LogP contribution in [0.1, 0.15) is 45.7 Å². The molecule has 0 aromatic carbocycles. The number of nitrogens with one attached hydrogen (secondary N) is 1. The summed E-state index contributed by atoms with van der Waals surface area (Å²) in [6.07, 6.45) is 5.57. The maximum Gasteiger partial charge on any atom is 0.177 e. The first-order valence-electron chi connectivity index (χ1n) is 6.22. The maximum absolute atomic E-state index is 5.69. The van der Waals surface area contributed by atoms with Crippen molar-refractivity contribution in [2.24, 2.45) is 0 Å². The third kappa shape index (κ3) is 2.33. The van der Waals surface area contributed by atoms with Gasteiger partial charge in [-0.25, -0.2) is 0 Å². The second-order valence-corrected chi connectivity index (χ2v) is 6.44. The molecule has 1 aliphatic rings. The molecular weight excluding hydrogens is 232 g/mol. The van der Waals surface area contributed by atoms with Gasteiger partial charge in [0.15, 0.2) is 4.77 Å². The molecule has 1 aromatic rings. The van der Waals surface area contributed by atoms with Gasteiger partial charge in [-0.05, 0) is 31.5 Å². The van der Waals surface area contributed by atoms with Gasteiger partial charge in [0.05, 0.1) is 12.1 Å². The Labute approximate surface area is 108 Å². The molecule has 0 radical (unpaired) electrons. The Morgan fingerprint density at radius 1 is 1.47 bits per heavy atom. The van der Waals surface area contributed by atoms with Crippen molar-refractivity contribution in [1.82, 2.24) is 9.55 Å². The molecule has 0 unspecified atom stereocenters. The highest BCUT2D eigenvalue weighted by Gasteiger charge is 2.38. The molecule has 0 amide bonds. The normalized spacial score (nSPS) is 19.1. The molecule has 1 heterocycles. The van der Waals surface area contributed by atoms with E-state index in [-0.39, 0.29) is 11.0 Å². The van der Waals surface area contributed by atoms with Crippen LogP contribution < -0.4 is 0 Å². The number of methoxy groups -OCH3 is 1. The SMILES string of the molecule is COC1(Cn2c(C(C)(C)C)c[nH]c2=S)CCC1. The summed E-state index contributed by atoms with van der Waals surface area (Å²) in [6, 6.07) is 0. The first-order chi connectivity index (χ1) is 7.88. The Kier molecular flexibility index (Phi) is 3.21. The van der Waals surface area contributed by atoms with E-state index in [1.165, 1.54) is 12.1 Å². The summed E-state index contributed by atoms with van der Waals surface area (Å²) < 4.78 is 8.70. The lowest BCUT2D eigenvalue weighted by atomic mass is 9.79. The summed E-state index contributed by atoms with van der Waals surface area (Å²) in [5.41, 5.74) is 1.37. The quantitative estimate of drug-likeness (QED) is 0.838. The van der Waals surface area contributed by atoms with E-state index in [4.69, 9.17) is 17.0 Å². The average Bonchev–Trinajstić information content (AvgIpc) is 2.53. The summed E-state index contributed by atoms with van der Waals surface area (Å²) in [7, 11) is 1.81. The van der Waals surface area contributed by atoms with E-state index in [2.05, 4.69) is 30.3 Å². The van der Waals surface area contributed by atoms with Crippen molar-refractivity contribution in [3.8, 4) is 0 Å². The highest BCUT2D eigenvalue weighted by molar-refractivity contribution is 7.71. The first-order valence-corrected chi connectivity index (χ1v) is 6.63. The van der Waals surface area contributed by atoms with Gasteiger partial charge in [-0.15, -0.1) is 0 Å². The molecule has 2 rings (SSSR count). The second kappa shape index (κ2) is 4.25. The topological polar surface area (TPSA) is 29.9 Å². The van der Waals surface area contributed by atoms with Crippen LogP contribution in [-0.4, -0.2) is 22.3 Å². The Balaban J connectivity index is 2.32. The molecule has 17 heavy (non-hydrogen) atoms. The van der Waals surface area contributed by atoms with Crippen LogP contribution in [0.2, 0.25) is 0 Å². The Hall–Kier alpha value is -0.610. The molecule has 3 nitrogen and oxygen atoms in total. The first kappa shape index (κ1) is 12.8. The minimum Gasteiger partial charge on any atom is -0.376 e. The van der Waals surface area contributed by atoms with E-state index < -0.39 is 0 Å². The fraction of sp³-hybridized carbons (Fsp3) is 0.769. The molecule has 1 aromatic heterocycles. The molecule has 1 saturated carbocycles. The van der Waals surface area contributed by atoms with Crippen LogP contribution in [0.4, 0.5) is 0 Å². The van der Waals surface area contributed by atoms with E-state index in [0.29, 0.717) is 0 Å². The number of rotatable bonds is 3. The van der Waals surface area contributed by atoms with Crippen LogP contribution in [0.5, 0.6) is 0 Å². The highest BCUT2D eigenvalue weighted by Crippen LogP contribution is 2.37. The van der Waals surface area contributed by atoms with Gasteiger partial charge in [-0.2, -0.15) is 0 Å². The van der Waals surface area contributed by atoms with Crippen molar-refractivity contribution < 1.29 is 4.74 Å². The molecule has 0 saturated heterocycles. The molecule has 0 aliphatic heterocycles. The van der Waals surface area contributed by atoms with Gasteiger partial charge in [0.2, 0.25) is 0 Å². The second-order valence-electron chi connectivity index (χ2n) is 6.06. The predicted octanol–water partition coefficient (Wildman–Crippen LogP) is 3.41. The molecule has 0 spiro atoms. The van der Waals surface area contributed by atoms with Gasteiger partial charge < -0.3 is 14.3 Å². The van der Waals surface area contributed by atoms with E-state index in [1.54, 1.807) is 0 Å². The Bertz CT molecular complexity index is 443. The van der Waals surface area contributed by atoms with Crippen LogP contribution in [0.15, 0.2) is 6.20 Å². The van der Waals surface area contributed by atoms with Crippen LogP contribution >= 0.6 is 12.2 Å². The number of hydrogen-bond donors (Lipinski definition) is 1. The fourth-order valence-electron chi connectivity index (χ4n) is 2.46. The summed E-state index contributed by atoms with van der Waals surface area (Å²) in [5, 5.41) is 0. The van der Waals surface area contributed by atoms with Crippen LogP contribution in [-0.2, 0) is 16.7 Å². The van der Waals surface area contributed by atoms with Crippen molar-refractivity contribution in [3.63, 3.8) is 0 Å². The van der Waals surface area contributed by atoms with Crippen molar-refractivity contribution in [2.45, 2.75) is 57.6 Å². The van der Waals surface area contributed by atoms with E-state index in [9.17, 15) is 0 Å². The predicted molar refractivity (Wildman–Crippen MR) is 71.9 cm³/mol. The highest BCUT2D eigenvalue weighted by atomic mass is 32.1. The minimum atomic E-state index is 0.0143. The number of imidazole rings is 1. The molecule has 1 fully saturated rings. The molecule has 1 N–H and O–H groups in total. The average molecular weight is 254 g/mol. The van der Waals surface area contributed by atoms with E-state index in [1.807, 2.05) is 13.3 Å². The zero-order chi connectivity index (χ0) is 12.7. The van der Waals surface area contributed by atoms with E-state index in [0.717, 1.165) is 24.2 Å². The molecule has 0 atom stereocenters. The van der Waals surface area contributed by atoms with Crippen LogP contribution in [0.3, 0.4) is 0 Å². The Morgan fingerprint density at radius 3 is 2.53 bits per heavy atom. The standard InChI is InChI=1S/C13H22N2OS/c1-12(2,3)10-8-14-11(17)15(10)9-13(16-4)6-5-7-13/h8H,5-7,9H2,1-4H3,(H,14,17). The molecule has 1 aliphatic carbocycles. The number of nitrogens with zero attached hydrogens (tertiary/aromatic N) is 1. The number of aromatic nitrogens is 2. The smallest absolute Gasteiger partial charge is 0.177 e. The lowest BCUT2D eigenvalue weighted by Gasteiger charge is -2.41. The van der Waals surface area contributed by atoms with Gasteiger partial charge in [0, 0.05) is 24.4 Å². The van der Waals surface area contributed by atoms with Gasteiger partial charge in [0.1, 0.15) is 0 Å². The number of hydrogen-bond acceptors (Lipinski definition) is 2. The molecule has 4 heteroatoms. The van der Waals surface area contributed by atoms with Crippen molar-refractivity contribution >= 4 is 12.2 Å². The van der Waals surface area contributed by atoms with Crippen molar-refractivity contribution in [3.05, 3.63) is 16.7 Å². The van der Waals surface area contributed by atoms with Gasteiger partial charge in [0.25, 0.3) is 0 Å². The van der Waals surface area contributed by atoms with Crippen molar-refractivity contribution in [2.75, 3.05) is 7.11 Å². The summed E-state index contributed by atoms with van der Waals surface area (Å²) in [4.78, 5) is 3.16. The van der Waals surface area contributed by atoms with Crippen LogP contribution in [0, 0.1) is 4.77 Å². The van der Waals surface area contributed by atoms with E-state index >= 15 is 0 Å². The van der Waals surface area contributed by atoms with Crippen LogP contribution in [0.25, 0.3) is 0 Å². The fourth-order valence-corrected chi connectivity index (χ4v) is 2.68. The molecule has 96 valence electrons. The van der Waals surface area contributed by atoms with Gasteiger partial charge in [-0.3, -0.25) is 0 Å². The largest absolute Gasteiger partial charge is 0.376 e. The zero-order valence-corrected chi connectivity index (χ0v) is 12.0. The number of ether oxygens (including phenoxy) is 1. The lowest BCUT2D eigenvalue weighted by Crippen LogP contribution is -2.44. The summed E-state index contributed by atoms with van der Waals surface area (Å²) in [6.45, 7) is 7.50. The number of aromatic amines is 1. The Morgan fingerprint density at radius 2 is 2.12 bits per heavy atom. The van der Waals surface area contributed by atoms with Gasteiger partial charge in [-0.1, -0.05) is 20.8 Å². The third-order valence-electron chi connectivity index (χ3n) is 3.78. The minimum absolute atomic E-state index is 0.0143. The molecular formula is C13H22N2OS. The lowest BCUT2D eigenvalue weighted by molar-refractivity contribution is -0.0844. The third-order valence-corrected chi connectivity index (χ3v) is 4.12. The summed E-state index contributed by atoms with van der Waals surface area (Å²) >= 11 is 5.38. The maximum atomic E-state index is 5.69. The van der Waals surface area contributed by atoms with Gasteiger partial charge >= 0.3 is 0 Å². The monoisotopic (exact) mass is 254 g/mol. The summed E-state index contributed by atoms with van der Waals surface area (Å²) in [5.74, 6) is 0. The van der Waals surface area contributed by atoms with Crippen molar-refractivity contribution in [1.29, 1.82) is 0 Å². The molecule has 0 bridgehead atoms.